The van der Waals surface area contributed by atoms with Gasteiger partial charge >= 0.3 is 0 Å². The van der Waals surface area contributed by atoms with Crippen LogP contribution >= 0.6 is 11.8 Å². The maximum absolute atomic E-state index is 12.6. The molecule has 1 amide bonds. The molecule has 0 bridgehead atoms. The number of aliphatic hydroxyl groups excluding tert-OH is 1. The summed E-state index contributed by atoms with van der Waals surface area (Å²) in [6.45, 7) is 5.40. The van der Waals surface area contributed by atoms with Crippen molar-refractivity contribution in [2.24, 2.45) is 0 Å². The molecule has 1 aliphatic rings. The molecule has 3 rings (SSSR count). The molecule has 0 spiro atoms. The first-order valence-electron chi connectivity index (χ1n) is 8.85. The summed E-state index contributed by atoms with van der Waals surface area (Å²) in [5, 5.41) is 15.7. The van der Waals surface area contributed by atoms with Gasteiger partial charge in [-0.25, -0.2) is 13.1 Å². The van der Waals surface area contributed by atoms with Crippen LogP contribution in [0.4, 0.5) is 11.4 Å². The monoisotopic (exact) mass is 421 g/mol. The van der Waals surface area contributed by atoms with E-state index in [2.05, 4.69) is 15.4 Å². The van der Waals surface area contributed by atoms with Gasteiger partial charge in [0.25, 0.3) is 5.91 Å². The van der Waals surface area contributed by atoms with E-state index in [1.807, 2.05) is 13.0 Å². The second-order valence-corrected chi connectivity index (χ2v) is 10.0. The molecule has 0 aromatic heterocycles. The topological polar surface area (TPSA) is 108 Å². The summed E-state index contributed by atoms with van der Waals surface area (Å²) >= 11 is 1.54. The summed E-state index contributed by atoms with van der Waals surface area (Å²) in [5.74, 6) is -0.367. The number of aliphatic hydroxyl groups is 1. The van der Waals surface area contributed by atoms with Gasteiger partial charge in [0, 0.05) is 22.2 Å². The molecule has 150 valence electrons. The highest BCUT2D eigenvalue weighted by molar-refractivity contribution is 8.00. The Balaban J connectivity index is 1.79. The third kappa shape index (κ3) is 4.67. The standard InChI is InChI=1S/C19H23N3O4S2/c1-11(2)22-28(25,26)15-6-4-5-14(10-15)20-19(24)13-7-8-17-16(9-13)21-18(23)12(3)27-17/h4-12,18,21-23H,1-3H3,(H,20,24). The first kappa shape index (κ1) is 20.7. The first-order chi connectivity index (χ1) is 13.2. The Morgan fingerprint density at radius 2 is 1.96 bits per heavy atom. The average molecular weight is 422 g/mol. The predicted octanol–water partition coefficient (Wildman–Crippen LogP) is 2.85. The van der Waals surface area contributed by atoms with Gasteiger partial charge in [0.05, 0.1) is 15.8 Å². The minimum atomic E-state index is -3.65. The molecule has 0 aliphatic carbocycles. The molecule has 0 saturated carbocycles. The highest BCUT2D eigenvalue weighted by atomic mass is 32.2. The number of rotatable bonds is 5. The van der Waals surface area contributed by atoms with E-state index in [1.54, 1.807) is 38.1 Å². The van der Waals surface area contributed by atoms with Crippen LogP contribution in [0, 0.1) is 0 Å². The van der Waals surface area contributed by atoms with Crippen LogP contribution in [0.15, 0.2) is 52.3 Å². The van der Waals surface area contributed by atoms with Crippen LogP contribution in [0.2, 0.25) is 0 Å². The van der Waals surface area contributed by atoms with Gasteiger partial charge in [-0.15, -0.1) is 11.8 Å². The van der Waals surface area contributed by atoms with Gasteiger partial charge in [0.1, 0.15) is 6.23 Å². The number of sulfonamides is 1. The Morgan fingerprint density at radius 3 is 2.68 bits per heavy atom. The fourth-order valence-corrected chi connectivity index (χ4v) is 5.04. The Labute approximate surface area is 169 Å². The minimum absolute atomic E-state index is 0.0105. The Kier molecular flexibility index (Phi) is 5.99. The number of carbonyl (C=O) groups excluding carboxylic acids is 1. The van der Waals surface area contributed by atoms with Crippen molar-refractivity contribution in [3.05, 3.63) is 48.0 Å². The summed E-state index contributed by atoms with van der Waals surface area (Å²) < 4.78 is 27.1. The number of anilines is 2. The highest BCUT2D eigenvalue weighted by Crippen LogP contribution is 2.37. The van der Waals surface area contributed by atoms with Crippen LogP contribution < -0.4 is 15.4 Å². The van der Waals surface area contributed by atoms with Crippen molar-refractivity contribution in [1.29, 1.82) is 0 Å². The van der Waals surface area contributed by atoms with Gasteiger partial charge in [-0.3, -0.25) is 4.79 Å². The molecule has 0 saturated heterocycles. The Morgan fingerprint density at radius 1 is 1.21 bits per heavy atom. The first-order valence-corrected chi connectivity index (χ1v) is 11.2. The van der Waals surface area contributed by atoms with Gasteiger partial charge in [-0.1, -0.05) is 6.07 Å². The van der Waals surface area contributed by atoms with Gasteiger partial charge in [0.2, 0.25) is 10.0 Å². The largest absolute Gasteiger partial charge is 0.373 e. The van der Waals surface area contributed by atoms with E-state index in [0.29, 0.717) is 16.9 Å². The molecule has 0 fully saturated rings. The molecule has 2 aromatic rings. The van der Waals surface area contributed by atoms with Gasteiger partial charge in [0.15, 0.2) is 0 Å². The van der Waals surface area contributed by atoms with Crippen LogP contribution in [-0.4, -0.2) is 37.0 Å². The molecule has 1 heterocycles. The third-order valence-corrected chi connectivity index (χ3v) is 6.99. The van der Waals surface area contributed by atoms with E-state index in [1.165, 1.54) is 23.9 Å². The normalized spacial score (nSPS) is 19.0. The summed E-state index contributed by atoms with van der Waals surface area (Å²) in [7, 11) is -3.65. The predicted molar refractivity (Wildman–Crippen MR) is 111 cm³/mol. The lowest BCUT2D eigenvalue weighted by atomic mass is 10.1. The lowest BCUT2D eigenvalue weighted by molar-refractivity contribution is 0.102. The van der Waals surface area contributed by atoms with Crippen molar-refractivity contribution in [3.63, 3.8) is 0 Å². The van der Waals surface area contributed by atoms with Crippen molar-refractivity contribution in [3.8, 4) is 0 Å². The number of benzene rings is 2. The van der Waals surface area contributed by atoms with Crippen molar-refractivity contribution < 1.29 is 18.3 Å². The number of amides is 1. The lowest BCUT2D eigenvalue weighted by Gasteiger charge is -2.28. The second kappa shape index (κ2) is 8.12. The summed E-state index contributed by atoms with van der Waals surface area (Å²) in [5.41, 5.74) is 1.48. The smallest absolute Gasteiger partial charge is 0.255 e. The van der Waals surface area contributed by atoms with E-state index >= 15 is 0 Å². The zero-order valence-corrected chi connectivity index (χ0v) is 17.4. The highest BCUT2D eigenvalue weighted by Gasteiger charge is 2.24. The van der Waals surface area contributed by atoms with E-state index in [9.17, 15) is 18.3 Å². The third-order valence-electron chi connectivity index (χ3n) is 4.10. The molecular formula is C19H23N3O4S2. The molecule has 2 atom stereocenters. The van der Waals surface area contributed by atoms with Crippen LogP contribution in [-0.2, 0) is 10.0 Å². The van der Waals surface area contributed by atoms with Gasteiger partial charge in [-0.05, 0) is 57.2 Å². The number of nitrogens with one attached hydrogen (secondary N) is 3. The Bertz CT molecular complexity index is 992. The minimum Gasteiger partial charge on any atom is -0.373 e. The molecule has 4 N–H and O–H groups in total. The SMILES string of the molecule is CC(C)NS(=O)(=O)c1cccc(NC(=O)c2ccc3c(c2)NC(O)C(C)S3)c1. The van der Waals surface area contributed by atoms with E-state index in [0.717, 1.165) is 4.90 Å². The van der Waals surface area contributed by atoms with Crippen LogP contribution in [0.25, 0.3) is 0 Å². The Hall–Kier alpha value is -2.07. The average Bonchev–Trinajstić information content (AvgIpc) is 2.61. The van der Waals surface area contributed by atoms with Crippen LogP contribution in [0.5, 0.6) is 0 Å². The number of thioether (sulfide) groups is 1. The van der Waals surface area contributed by atoms with E-state index in [4.69, 9.17) is 0 Å². The van der Waals surface area contributed by atoms with Crippen molar-refractivity contribution in [2.45, 2.75) is 48.1 Å². The summed E-state index contributed by atoms with van der Waals surface area (Å²) in [6, 6.07) is 11.1. The number of hydrogen-bond donors (Lipinski definition) is 4. The van der Waals surface area contributed by atoms with Gasteiger partial charge in [-0.2, -0.15) is 0 Å². The van der Waals surface area contributed by atoms with Crippen LogP contribution in [0.1, 0.15) is 31.1 Å². The van der Waals surface area contributed by atoms with E-state index < -0.39 is 16.3 Å². The zero-order valence-electron chi connectivity index (χ0n) is 15.8. The second-order valence-electron chi connectivity index (χ2n) is 6.88. The molecule has 2 unspecified atom stereocenters. The fraction of sp³-hybridized carbons (Fsp3) is 0.316. The lowest BCUT2D eigenvalue weighted by Crippen LogP contribution is -2.32. The quantitative estimate of drug-likeness (QED) is 0.591. The van der Waals surface area contributed by atoms with Gasteiger partial charge < -0.3 is 15.7 Å². The number of fused-ring (bicyclic) bond motifs is 1. The van der Waals surface area contributed by atoms with E-state index in [-0.39, 0.29) is 22.1 Å². The summed E-state index contributed by atoms with van der Waals surface area (Å²) in [6.07, 6.45) is -0.689. The fourth-order valence-electron chi connectivity index (χ4n) is 2.75. The van der Waals surface area contributed by atoms with Crippen molar-refractivity contribution in [1.82, 2.24) is 4.72 Å². The number of hydrogen-bond acceptors (Lipinski definition) is 6. The molecule has 28 heavy (non-hydrogen) atoms. The molecule has 9 heteroatoms. The maximum Gasteiger partial charge on any atom is 0.255 e. The summed E-state index contributed by atoms with van der Waals surface area (Å²) in [4.78, 5) is 13.7. The zero-order chi connectivity index (χ0) is 20.5. The maximum atomic E-state index is 12.6. The molecule has 0 radical (unpaired) electrons. The molecule has 7 nitrogen and oxygen atoms in total. The van der Waals surface area contributed by atoms with Crippen molar-refractivity contribution >= 4 is 39.1 Å². The van der Waals surface area contributed by atoms with Crippen molar-refractivity contribution in [2.75, 3.05) is 10.6 Å². The van der Waals surface area contributed by atoms with Crippen LogP contribution in [0.3, 0.4) is 0 Å². The molecular weight excluding hydrogens is 398 g/mol. The molecule has 2 aromatic carbocycles. The molecule has 1 aliphatic heterocycles. The number of carbonyl (C=O) groups is 1.